The number of rotatable bonds is 6. The molecule has 114 valence electrons. The minimum absolute atomic E-state index is 0.306. The molecule has 1 aromatic carbocycles. The number of ether oxygens (including phenoxy) is 1. The Hall–Kier alpha value is -1.08. The van der Waals surface area contributed by atoms with Gasteiger partial charge in [-0.3, -0.25) is 0 Å². The van der Waals surface area contributed by atoms with Crippen LogP contribution in [0.1, 0.15) is 10.4 Å². The summed E-state index contributed by atoms with van der Waals surface area (Å²) < 4.78 is 31.6. The van der Waals surface area contributed by atoms with E-state index in [1.165, 1.54) is 15.6 Å². The van der Waals surface area contributed by atoms with E-state index in [4.69, 9.17) is 16.3 Å². The van der Waals surface area contributed by atoms with Gasteiger partial charge < -0.3 is 4.74 Å². The third-order valence-corrected chi connectivity index (χ3v) is 6.80. The van der Waals surface area contributed by atoms with Crippen LogP contribution in [0, 0.1) is 0 Å². The fourth-order valence-electron chi connectivity index (χ4n) is 1.80. The molecule has 0 N–H and O–H groups in total. The zero-order chi connectivity index (χ0) is 15.5. The molecule has 0 spiro atoms. The average Bonchev–Trinajstić information content (AvgIpc) is 2.97. The maximum Gasteiger partial charge on any atom is 0.252 e. The van der Waals surface area contributed by atoms with Gasteiger partial charge in [0.2, 0.25) is 0 Å². The minimum Gasteiger partial charge on any atom is -0.497 e. The third kappa shape index (κ3) is 3.77. The topological polar surface area (TPSA) is 46.6 Å². The highest BCUT2D eigenvalue weighted by Crippen LogP contribution is 2.26. The second kappa shape index (κ2) is 6.79. The van der Waals surface area contributed by atoms with Crippen LogP contribution in [-0.2, 0) is 22.4 Å². The second-order valence-corrected chi connectivity index (χ2v) is 8.17. The first kappa shape index (κ1) is 16.3. The molecule has 1 heterocycles. The van der Waals surface area contributed by atoms with E-state index in [0.29, 0.717) is 16.6 Å². The van der Waals surface area contributed by atoms with E-state index in [2.05, 4.69) is 0 Å². The van der Waals surface area contributed by atoms with Crippen molar-refractivity contribution in [3.8, 4) is 5.75 Å². The Kier molecular flexibility index (Phi) is 5.27. The van der Waals surface area contributed by atoms with Crippen LogP contribution >= 0.6 is 22.9 Å². The van der Waals surface area contributed by atoms with Crippen LogP contribution in [-0.4, -0.2) is 26.9 Å². The number of sulfonamides is 1. The van der Waals surface area contributed by atoms with Gasteiger partial charge in [-0.2, -0.15) is 4.31 Å². The Morgan fingerprint density at radius 1 is 1.19 bits per heavy atom. The van der Waals surface area contributed by atoms with Gasteiger partial charge in [0.05, 0.1) is 13.0 Å². The largest absolute Gasteiger partial charge is 0.497 e. The number of alkyl halides is 1. The summed E-state index contributed by atoms with van der Waals surface area (Å²) in [6.07, 6.45) is 0. The summed E-state index contributed by atoms with van der Waals surface area (Å²) in [6.45, 7) is 0.306. The summed E-state index contributed by atoms with van der Waals surface area (Å²) in [6, 6.07) is 10.7. The van der Waals surface area contributed by atoms with Gasteiger partial charge in [0, 0.05) is 18.5 Å². The number of hydrogen-bond donors (Lipinski definition) is 0. The van der Waals surface area contributed by atoms with Crippen LogP contribution in [0.15, 0.2) is 40.6 Å². The smallest absolute Gasteiger partial charge is 0.252 e. The summed E-state index contributed by atoms with van der Waals surface area (Å²) in [4.78, 5) is 0.841. The van der Waals surface area contributed by atoms with Crippen LogP contribution in [0.25, 0.3) is 0 Å². The Bertz CT molecular complexity index is 695. The van der Waals surface area contributed by atoms with E-state index in [1.807, 2.05) is 24.3 Å². The van der Waals surface area contributed by atoms with Crippen molar-refractivity contribution in [1.29, 1.82) is 0 Å². The molecule has 2 aromatic rings. The molecular formula is C14H16ClNO3S2. The Balaban J connectivity index is 2.15. The van der Waals surface area contributed by atoms with Crippen molar-refractivity contribution in [1.82, 2.24) is 4.31 Å². The van der Waals surface area contributed by atoms with Crippen LogP contribution in [0.5, 0.6) is 5.75 Å². The van der Waals surface area contributed by atoms with E-state index >= 15 is 0 Å². The summed E-state index contributed by atoms with van der Waals surface area (Å²) in [5.41, 5.74) is 0.899. The SMILES string of the molecule is COc1ccc(CN(C)S(=O)(=O)c2ccc(CCl)s2)cc1. The lowest BCUT2D eigenvalue weighted by molar-refractivity contribution is 0.414. The van der Waals surface area contributed by atoms with E-state index in [-0.39, 0.29) is 0 Å². The molecule has 0 fully saturated rings. The summed E-state index contributed by atoms with van der Waals surface area (Å²) in [5.74, 6) is 1.07. The molecule has 21 heavy (non-hydrogen) atoms. The second-order valence-electron chi connectivity index (χ2n) is 4.46. The first-order chi connectivity index (χ1) is 9.97. The van der Waals surface area contributed by atoms with Crippen LogP contribution in [0.3, 0.4) is 0 Å². The standard InChI is InChI=1S/C14H16ClNO3S2/c1-16(10-11-3-5-12(19-2)6-4-11)21(17,18)14-8-7-13(9-15)20-14/h3-8H,9-10H2,1-2H3. The van der Waals surface area contributed by atoms with E-state index in [1.54, 1.807) is 26.3 Å². The van der Waals surface area contributed by atoms with Gasteiger partial charge in [0.1, 0.15) is 9.96 Å². The van der Waals surface area contributed by atoms with Crippen molar-refractivity contribution in [2.75, 3.05) is 14.2 Å². The number of benzene rings is 1. The molecule has 0 saturated carbocycles. The normalized spacial score (nSPS) is 11.8. The maximum absolute atomic E-state index is 12.5. The lowest BCUT2D eigenvalue weighted by atomic mass is 10.2. The molecule has 0 aliphatic carbocycles. The molecule has 7 heteroatoms. The fraction of sp³-hybridized carbons (Fsp3) is 0.286. The van der Waals surface area contributed by atoms with Gasteiger partial charge in [-0.25, -0.2) is 8.42 Å². The molecule has 1 aromatic heterocycles. The van der Waals surface area contributed by atoms with Gasteiger partial charge in [0.25, 0.3) is 10.0 Å². The van der Waals surface area contributed by atoms with Crippen LogP contribution in [0.2, 0.25) is 0 Å². The highest BCUT2D eigenvalue weighted by atomic mass is 35.5. The van der Waals surface area contributed by atoms with E-state index in [9.17, 15) is 8.42 Å². The van der Waals surface area contributed by atoms with Gasteiger partial charge in [-0.1, -0.05) is 12.1 Å². The van der Waals surface area contributed by atoms with Crippen molar-refractivity contribution < 1.29 is 13.2 Å². The molecule has 0 aliphatic heterocycles. The molecule has 0 radical (unpaired) electrons. The number of hydrogen-bond acceptors (Lipinski definition) is 4. The minimum atomic E-state index is -3.48. The zero-order valence-electron chi connectivity index (χ0n) is 11.7. The van der Waals surface area contributed by atoms with Gasteiger partial charge in [0.15, 0.2) is 0 Å². The Morgan fingerprint density at radius 3 is 2.38 bits per heavy atom. The van der Waals surface area contributed by atoms with Crippen molar-refractivity contribution in [2.24, 2.45) is 0 Å². The number of methoxy groups -OCH3 is 1. The van der Waals surface area contributed by atoms with Crippen LogP contribution < -0.4 is 4.74 Å². The molecular weight excluding hydrogens is 330 g/mol. The Morgan fingerprint density at radius 2 is 1.86 bits per heavy atom. The number of thiophene rings is 1. The molecule has 0 saturated heterocycles. The highest BCUT2D eigenvalue weighted by molar-refractivity contribution is 7.91. The monoisotopic (exact) mass is 345 g/mol. The molecule has 0 unspecified atom stereocenters. The van der Waals surface area contributed by atoms with Crippen molar-refractivity contribution in [2.45, 2.75) is 16.6 Å². The van der Waals surface area contributed by atoms with Crippen molar-refractivity contribution >= 4 is 33.0 Å². The highest BCUT2D eigenvalue weighted by Gasteiger charge is 2.22. The summed E-state index contributed by atoms with van der Waals surface area (Å²) in [7, 11) is -0.317. The van der Waals surface area contributed by atoms with Gasteiger partial charge >= 0.3 is 0 Å². The van der Waals surface area contributed by atoms with E-state index in [0.717, 1.165) is 16.2 Å². The van der Waals surface area contributed by atoms with Gasteiger partial charge in [-0.15, -0.1) is 22.9 Å². The molecule has 4 nitrogen and oxygen atoms in total. The number of nitrogens with zero attached hydrogens (tertiary/aromatic N) is 1. The molecule has 0 atom stereocenters. The first-order valence-corrected chi connectivity index (χ1v) is 9.00. The predicted molar refractivity (Wildman–Crippen MR) is 85.5 cm³/mol. The summed E-state index contributed by atoms with van der Waals surface area (Å²) in [5, 5.41) is 0. The predicted octanol–water partition coefficient (Wildman–Crippen LogP) is 3.32. The molecule has 0 amide bonds. The van der Waals surface area contributed by atoms with Crippen LogP contribution in [0.4, 0.5) is 0 Å². The Labute approximate surface area is 134 Å². The fourth-order valence-corrected chi connectivity index (χ4v) is 4.62. The zero-order valence-corrected chi connectivity index (χ0v) is 14.1. The third-order valence-electron chi connectivity index (χ3n) is 3.00. The molecule has 0 bridgehead atoms. The maximum atomic E-state index is 12.5. The number of halogens is 1. The lowest BCUT2D eigenvalue weighted by Gasteiger charge is -2.16. The van der Waals surface area contributed by atoms with E-state index < -0.39 is 10.0 Å². The lowest BCUT2D eigenvalue weighted by Crippen LogP contribution is -2.25. The quantitative estimate of drug-likeness (QED) is 0.754. The molecule has 2 rings (SSSR count). The average molecular weight is 346 g/mol. The molecule has 0 aliphatic rings. The van der Waals surface area contributed by atoms with Crippen molar-refractivity contribution in [3.63, 3.8) is 0 Å². The summed E-state index contributed by atoms with van der Waals surface area (Å²) >= 11 is 6.92. The van der Waals surface area contributed by atoms with Crippen molar-refractivity contribution in [3.05, 3.63) is 46.8 Å². The van der Waals surface area contributed by atoms with Gasteiger partial charge in [-0.05, 0) is 29.8 Å². The first-order valence-electron chi connectivity index (χ1n) is 6.21.